The van der Waals surface area contributed by atoms with Gasteiger partial charge in [0.25, 0.3) is 0 Å². The van der Waals surface area contributed by atoms with Gasteiger partial charge >= 0.3 is 6.03 Å². The first-order valence-corrected chi connectivity index (χ1v) is 7.44. The molecule has 0 aromatic heterocycles. The van der Waals surface area contributed by atoms with Crippen LogP contribution in [0.5, 0.6) is 0 Å². The van der Waals surface area contributed by atoms with Crippen LogP contribution in [0.2, 0.25) is 0 Å². The standard InChI is InChI=1S/C16H16BrFN2O/c17-14-6-3-4-12(10-14)11-20-16(21)19-9-8-13-5-1-2-7-15(13)18/h1-7,10H,8-9,11H2,(H2,19,20,21). The summed E-state index contributed by atoms with van der Waals surface area (Å²) in [5.41, 5.74) is 1.61. The average Bonchev–Trinajstić information content (AvgIpc) is 2.47. The maximum absolute atomic E-state index is 13.4. The Hall–Kier alpha value is -1.88. The molecule has 0 heterocycles. The van der Waals surface area contributed by atoms with E-state index in [2.05, 4.69) is 26.6 Å². The van der Waals surface area contributed by atoms with Gasteiger partial charge in [0.05, 0.1) is 0 Å². The lowest BCUT2D eigenvalue weighted by Crippen LogP contribution is -2.36. The Labute approximate surface area is 131 Å². The first-order chi connectivity index (χ1) is 10.1. The minimum Gasteiger partial charge on any atom is -0.338 e. The van der Waals surface area contributed by atoms with Crippen molar-refractivity contribution in [2.75, 3.05) is 6.54 Å². The van der Waals surface area contributed by atoms with E-state index in [4.69, 9.17) is 0 Å². The third-order valence-corrected chi connectivity index (χ3v) is 3.47. The number of hydrogen-bond donors (Lipinski definition) is 2. The van der Waals surface area contributed by atoms with E-state index in [9.17, 15) is 9.18 Å². The summed E-state index contributed by atoms with van der Waals surface area (Å²) in [6.45, 7) is 0.843. The van der Waals surface area contributed by atoms with Gasteiger partial charge in [0.1, 0.15) is 5.82 Å². The van der Waals surface area contributed by atoms with Crippen molar-refractivity contribution in [1.82, 2.24) is 10.6 Å². The molecule has 0 bridgehead atoms. The lowest BCUT2D eigenvalue weighted by molar-refractivity contribution is 0.240. The molecule has 21 heavy (non-hydrogen) atoms. The van der Waals surface area contributed by atoms with Crippen molar-refractivity contribution in [1.29, 1.82) is 0 Å². The molecule has 0 aliphatic heterocycles. The second-order valence-corrected chi connectivity index (χ2v) is 5.50. The highest BCUT2D eigenvalue weighted by Crippen LogP contribution is 2.11. The second kappa shape index (κ2) is 7.78. The third-order valence-electron chi connectivity index (χ3n) is 2.98. The molecule has 2 aromatic carbocycles. The largest absolute Gasteiger partial charge is 0.338 e. The molecule has 2 rings (SSSR count). The number of benzene rings is 2. The molecular weight excluding hydrogens is 335 g/mol. The van der Waals surface area contributed by atoms with E-state index >= 15 is 0 Å². The molecule has 110 valence electrons. The van der Waals surface area contributed by atoms with Gasteiger partial charge < -0.3 is 10.6 Å². The number of rotatable bonds is 5. The van der Waals surface area contributed by atoms with E-state index in [1.54, 1.807) is 18.2 Å². The van der Waals surface area contributed by atoms with E-state index in [1.807, 2.05) is 24.3 Å². The Balaban J connectivity index is 1.72. The highest BCUT2D eigenvalue weighted by atomic mass is 79.9. The quantitative estimate of drug-likeness (QED) is 0.849. The van der Waals surface area contributed by atoms with E-state index in [-0.39, 0.29) is 11.8 Å². The summed E-state index contributed by atoms with van der Waals surface area (Å²) in [5.74, 6) is -0.242. The highest BCUT2D eigenvalue weighted by Gasteiger charge is 2.03. The number of hydrogen-bond acceptors (Lipinski definition) is 1. The fourth-order valence-corrected chi connectivity index (χ4v) is 2.35. The Morgan fingerprint density at radius 1 is 1.10 bits per heavy atom. The number of carbonyl (C=O) groups excluding carboxylic acids is 1. The summed E-state index contributed by atoms with van der Waals surface area (Å²) in [6, 6.07) is 14.0. The van der Waals surface area contributed by atoms with Gasteiger partial charge in [0.15, 0.2) is 0 Å². The zero-order valence-corrected chi connectivity index (χ0v) is 13.0. The topological polar surface area (TPSA) is 41.1 Å². The van der Waals surface area contributed by atoms with Gasteiger partial charge in [-0.2, -0.15) is 0 Å². The van der Waals surface area contributed by atoms with Crippen LogP contribution in [-0.2, 0) is 13.0 Å². The molecule has 2 aromatic rings. The van der Waals surface area contributed by atoms with Crippen molar-refractivity contribution in [3.63, 3.8) is 0 Å². The Kier molecular flexibility index (Phi) is 5.75. The van der Waals surface area contributed by atoms with Gasteiger partial charge in [-0.1, -0.05) is 46.3 Å². The van der Waals surface area contributed by atoms with Crippen LogP contribution in [0, 0.1) is 5.82 Å². The molecule has 0 saturated heterocycles. The number of halogens is 2. The molecule has 0 aliphatic rings. The Morgan fingerprint density at radius 3 is 2.67 bits per heavy atom. The monoisotopic (exact) mass is 350 g/mol. The van der Waals surface area contributed by atoms with Gasteiger partial charge in [0, 0.05) is 17.6 Å². The minimum absolute atomic E-state index is 0.242. The molecule has 0 aliphatic carbocycles. The summed E-state index contributed by atoms with van der Waals surface area (Å²) in [5, 5.41) is 5.48. The minimum atomic E-state index is -0.258. The van der Waals surface area contributed by atoms with Crippen molar-refractivity contribution in [2.45, 2.75) is 13.0 Å². The van der Waals surface area contributed by atoms with E-state index in [1.165, 1.54) is 6.07 Å². The molecule has 0 spiro atoms. The molecule has 0 fully saturated rings. The average molecular weight is 351 g/mol. The fraction of sp³-hybridized carbons (Fsp3) is 0.188. The molecule has 0 unspecified atom stereocenters. The number of amides is 2. The molecule has 2 amide bonds. The van der Waals surface area contributed by atoms with Gasteiger partial charge in [0.2, 0.25) is 0 Å². The maximum atomic E-state index is 13.4. The van der Waals surface area contributed by atoms with Crippen molar-refractivity contribution in [3.8, 4) is 0 Å². The van der Waals surface area contributed by atoms with Crippen LogP contribution in [0.25, 0.3) is 0 Å². The Morgan fingerprint density at radius 2 is 1.90 bits per heavy atom. The lowest BCUT2D eigenvalue weighted by Gasteiger charge is -2.08. The summed E-state index contributed by atoms with van der Waals surface area (Å²) in [6.07, 6.45) is 0.469. The van der Waals surface area contributed by atoms with Crippen molar-refractivity contribution < 1.29 is 9.18 Å². The highest BCUT2D eigenvalue weighted by molar-refractivity contribution is 9.10. The normalized spacial score (nSPS) is 10.2. The van der Waals surface area contributed by atoms with Crippen molar-refractivity contribution in [2.24, 2.45) is 0 Å². The predicted molar refractivity (Wildman–Crippen MR) is 84.5 cm³/mol. The number of carbonyl (C=O) groups is 1. The van der Waals surface area contributed by atoms with Crippen LogP contribution in [0.3, 0.4) is 0 Å². The Bertz CT molecular complexity index is 619. The van der Waals surface area contributed by atoms with Crippen LogP contribution in [0.4, 0.5) is 9.18 Å². The van der Waals surface area contributed by atoms with Gasteiger partial charge in [-0.05, 0) is 35.7 Å². The lowest BCUT2D eigenvalue weighted by atomic mass is 10.1. The summed E-state index contributed by atoms with van der Waals surface area (Å²) in [4.78, 5) is 11.6. The van der Waals surface area contributed by atoms with Gasteiger partial charge in [-0.15, -0.1) is 0 Å². The molecule has 0 atom stereocenters. The third kappa shape index (κ3) is 5.19. The molecule has 5 heteroatoms. The molecule has 0 radical (unpaired) electrons. The summed E-state index contributed by atoms with van der Waals surface area (Å²) < 4.78 is 14.4. The molecule has 2 N–H and O–H groups in total. The van der Waals surface area contributed by atoms with Gasteiger partial charge in [-0.3, -0.25) is 0 Å². The summed E-state index contributed by atoms with van der Waals surface area (Å²) in [7, 11) is 0. The first-order valence-electron chi connectivity index (χ1n) is 6.65. The van der Waals surface area contributed by atoms with Crippen LogP contribution in [0.15, 0.2) is 53.0 Å². The van der Waals surface area contributed by atoms with Crippen LogP contribution in [0.1, 0.15) is 11.1 Å². The van der Waals surface area contributed by atoms with E-state index < -0.39 is 0 Å². The zero-order chi connectivity index (χ0) is 15.1. The zero-order valence-electron chi connectivity index (χ0n) is 11.4. The molecule has 0 saturated carbocycles. The smallest absolute Gasteiger partial charge is 0.315 e. The maximum Gasteiger partial charge on any atom is 0.315 e. The van der Waals surface area contributed by atoms with Crippen LogP contribution < -0.4 is 10.6 Å². The van der Waals surface area contributed by atoms with Gasteiger partial charge in [-0.25, -0.2) is 9.18 Å². The molecular formula is C16H16BrFN2O. The predicted octanol–water partition coefficient (Wildman–Crippen LogP) is 3.63. The molecule has 3 nitrogen and oxygen atoms in total. The van der Waals surface area contributed by atoms with Crippen LogP contribution >= 0.6 is 15.9 Å². The number of nitrogens with one attached hydrogen (secondary N) is 2. The summed E-state index contributed by atoms with van der Waals surface area (Å²) >= 11 is 3.38. The first kappa shape index (κ1) is 15.5. The van der Waals surface area contributed by atoms with E-state index in [0.717, 1.165) is 10.0 Å². The fourth-order valence-electron chi connectivity index (χ4n) is 1.90. The SMILES string of the molecule is O=C(NCCc1ccccc1F)NCc1cccc(Br)c1. The van der Waals surface area contributed by atoms with Crippen molar-refractivity contribution in [3.05, 3.63) is 69.9 Å². The number of urea groups is 1. The van der Waals surface area contributed by atoms with Crippen LogP contribution in [-0.4, -0.2) is 12.6 Å². The second-order valence-electron chi connectivity index (χ2n) is 4.58. The van der Waals surface area contributed by atoms with E-state index in [0.29, 0.717) is 25.1 Å². The van der Waals surface area contributed by atoms with Crippen molar-refractivity contribution >= 4 is 22.0 Å².